The first-order chi connectivity index (χ1) is 13.5. The highest BCUT2D eigenvalue weighted by Crippen LogP contribution is 2.35. The normalized spacial score (nSPS) is 13.8. The number of fused-ring (bicyclic) bond motifs is 1. The Labute approximate surface area is 165 Å². The number of benzene rings is 2. The molecule has 6 heteroatoms. The van der Waals surface area contributed by atoms with Crippen LogP contribution in [0.1, 0.15) is 42.7 Å². The van der Waals surface area contributed by atoms with Crippen LogP contribution in [0.5, 0.6) is 23.0 Å². The lowest BCUT2D eigenvalue weighted by atomic mass is 9.95. The zero-order chi connectivity index (χ0) is 20.1. The molecule has 1 atom stereocenters. The van der Waals surface area contributed by atoms with Crippen molar-refractivity contribution in [3.63, 3.8) is 0 Å². The lowest BCUT2D eigenvalue weighted by Crippen LogP contribution is -2.32. The van der Waals surface area contributed by atoms with Crippen molar-refractivity contribution >= 4 is 5.91 Å². The Bertz CT molecular complexity index is 834. The monoisotopic (exact) mass is 385 g/mol. The Morgan fingerprint density at radius 3 is 2.50 bits per heavy atom. The van der Waals surface area contributed by atoms with Crippen LogP contribution in [0.4, 0.5) is 0 Å². The molecule has 1 heterocycles. The third-order valence-corrected chi connectivity index (χ3v) is 4.60. The smallest absolute Gasteiger partial charge is 0.251 e. The highest BCUT2D eigenvalue weighted by atomic mass is 16.6. The van der Waals surface area contributed by atoms with Gasteiger partial charge in [0, 0.05) is 5.56 Å². The van der Waals surface area contributed by atoms with E-state index in [-0.39, 0.29) is 17.9 Å². The number of methoxy groups -OCH3 is 1. The number of hydrogen-bond donors (Lipinski definition) is 1. The van der Waals surface area contributed by atoms with E-state index < -0.39 is 0 Å². The zero-order valence-corrected chi connectivity index (χ0v) is 16.8. The summed E-state index contributed by atoms with van der Waals surface area (Å²) in [4.78, 5) is 12.9. The zero-order valence-electron chi connectivity index (χ0n) is 16.8. The first-order valence-corrected chi connectivity index (χ1v) is 9.54. The summed E-state index contributed by atoms with van der Waals surface area (Å²) in [6.45, 7) is 7.65. The molecule has 1 amide bonds. The molecular formula is C22H27NO5. The van der Waals surface area contributed by atoms with Gasteiger partial charge in [-0.1, -0.05) is 19.9 Å². The van der Waals surface area contributed by atoms with E-state index in [1.165, 1.54) is 0 Å². The maximum Gasteiger partial charge on any atom is 0.251 e. The molecule has 0 fully saturated rings. The molecule has 6 nitrogen and oxygen atoms in total. The molecular weight excluding hydrogens is 358 g/mol. The topological polar surface area (TPSA) is 66.0 Å². The Balaban J connectivity index is 1.82. The minimum atomic E-state index is -0.171. The van der Waals surface area contributed by atoms with Crippen LogP contribution in [0.3, 0.4) is 0 Å². The van der Waals surface area contributed by atoms with Gasteiger partial charge in [-0.3, -0.25) is 4.79 Å². The molecule has 0 saturated heterocycles. The molecule has 0 radical (unpaired) electrons. The lowest BCUT2D eigenvalue weighted by Gasteiger charge is -2.25. The van der Waals surface area contributed by atoms with Gasteiger partial charge in [0.1, 0.15) is 13.2 Å². The fourth-order valence-corrected chi connectivity index (χ4v) is 3.20. The van der Waals surface area contributed by atoms with Crippen molar-refractivity contribution in [1.82, 2.24) is 5.32 Å². The van der Waals surface area contributed by atoms with E-state index in [1.807, 2.05) is 25.1 Å². The highest BCUT2D eigenvalue weighted by molar-refractivity contribution is 5.95. The molecule has 150 valence electrons. The molecule has 1 N–H and O–H groups in total. The molecule has 1 aliphatic rings. The first kappa shape index (κ1) is 19.9. The quantitative estimate of drug-likeness (QED) is 0.781. The third-order valence-electron chi connectivity index (χ3n) is 4.60. The Morgan fingerprint density at radius 1 is 1.07 bits per heavy atom. The highest BCUT2D eigenvalue weighted by Gasteiger charge is 2.22. The summed E-state index contributed by atoms with van der Waals surface area (Å²) in [5.74, 6) is 2.63. The van der Waals surface area contributed by atoms with E-state index in [0.29, 0.717) is 42.6 Å². The molecule has 2 aromatic rings. The van der Waals surface area contributed by atoms with Gasteiger partial charge in [0.05, 0.1) is 19.8 Å². The predicted molar refractivity (Wildman–Crippen MR) is 107 cm³/mol. The number of carbonyl (C=O) groups is 1. The van der Waals surface area contributed by atoms with Crippen LogP contribution in [0.25, 0.3) is 0 Å². The number of ether oxygens (including phenoxy) is 4. The number of amides is 1. The molecule has 1 aliphatic heterocycles. The summed E-state index contributed by atoms with van der Waals surface area (Å²) >= 11 is 0. The second-order valence-electron chi connectivity index (χ2n) is 6.90. The van der Waals surface area contributed by atoms with E-state index in [9.17, 15) is 4.79 Å². The van der Waals surface area contributed by atoms with Crippen LogP contribution in [0.15, 0.2) is 36.4 Å². The van der Waals surface area contributed by atoms with E-state index in [1.54, 1.807) is 25.3 Å². The van der Waals surface area contributed by atoms with Crippen molar-refractivity contribution in [2.45, 2.75) is 26.8 Å². The average molecular weight is 385 g/mol. The van der Waals surface area contributed by atoms with Gasteiger partial charge in [0.15, 0.2) is 23.0 Å². The van der Waals surface area contributed by atoms with Crippen molar-refractivity contribution in [1.29, 1.82) is 0 Å². The molecule has 3 rings (SSSR count). The molecule has 0 spiro atoms. The van der Waals surface area contributed by atoms with Crippen LogP contribution >= 0.6 is 0 Å². The second-order valence-corrected chi connectivity index (χ2v) is 6.90. The molecule has 0 saturated carbocycles. The first-order valence-electron chi connectivity index (χ1n) is 9.54. The molecule has 0 aliphatic carbocycles. The van der Waals surface area contributed by atoms with Crippen molar-refractivity contribution in [2.24, 2.45) is 5.92 Å². The predicted octanol–water partition coefficient (Wildman–Crippen LogP) is 3.99. The molecule has 28 heavy (non-hydrogen) atoms. The average Bonchev–Trinajstić information content (AvgIpc) is 2.71. The van der Waals surface area contributed by atoms with Gasteiger partial charge in [-0.25, -0.2) is 0 Å². The fraction of sp³-hybridized carbons (Fsp3) is 0.409. The van der Waals surface area contributed by atoms with Crippen LogP contribution < -0.4 is 24.3 Å². The minimum absolute atomic E-state index is 0.166. The van der Waals surface area contributed by atoms with Crippen LogP contribution in [0, 0.1) is 5.92 Å². The Kier molecular flexibility index (Phi) is 6.29. The standard InChI is InChI=1S/C22H27NO5/c1-5-26-17-9-7-16(13-19(17)25-4)22(24)23-21(14(2)3)15-6-8-18-20(12-15)28-11-10-27-18/h6-9,12-14,21H,5,10-11H2,1-4H3,(H,23,24)/t21-/m1/s1. The van der Waals surface area contributed by atoms with Gasteiger partial charge in [-0.2, -0.15) is 0 Å². The number of nitrogens with one attached hydrogen (secondary N) is 1. The summed E-state index contributed by atoms with van der Waals surface area (Å²) < 4.78 is 22.1. The van der Waals surface area contributed by atoms with Crippen molar-refractivity contribution in [3.8, 4) is 23.0 Å². The van der Waals surface area contributed by atoms with Crippen molar-refractivity contribution < 1.29 is 23.7 Å². The maximum atomic E-state index is 12.9. The van der Waals surface area contributed by atoms with E-state index in [0.717, 1.165) is 11.3 Å². The van der Waals surface area contributed by atoms with Gasteiger partial charge in [-0.15, -0.1) is 0 Å². The minimum Gasteiger partial charge on any atom is -0.493 e. The van der Waals surface area contributed by atoms with Crippen molar-refractivity contribution in [2.75, 3.05) is 26.9 Å². The summed E-state index contributed by atoms with van der Waals surface area (Å²) in [6, 6.07) is 10.8. The van der Waals surface area contributed by atoms with Gasteiger partial charge in [-0.05, 0) is 48.7 Å². The van der Waals surface area contributed by atoms with Crippen LogP contribution in [-0.2, 0) is 0 Å². The van der Waals surface area contributed by atoms with E-state index in [4.69, 9.17) is 18.9 Å². The summed E-state index contributed by atoms with van der Waals surface area (Å²) in [5, 5.41) is 3.13. The summed E-state index contributed by atoms with van der Waals surface area (Å²) in [7, 11) is 1.56. The summed E-state index contributed by atoms with van der Waals surface area (Å²) in [6.07, 6.45) is 0. The van der Waals surface area contributed by atoms with Crippen LogP contribution in [-0.4, -0.2) is 32.8 Å². The second kappa shape index (κ2) is 8.87. The molecule has 0 unspecified atom stereocenters. The Hall–Kier alpha value is -2.89. The SMILES string of the molecule is CCOc1ccc(C(=O)N[C@@H](c2ccc3c(c2)OCCO3)C(C)C)cc1OC. The van der Waals surface area contributed by atoms with Gasteiger partial charge >= 0.3 is 0 Å². The molecule has 0 aromatic heterocycles. The number of carbonyl (C=O) groups excluding carboxylic acids is 1. The van der Waals surface area contributed by atoms with E-state index in [2.05, 4.69) is 19.2 Å². The maximum absolute atomic E-state index is 12.9. The number of hydrogen-bond acceptors (Lipinski definition) is 5. The number of rotatable bonds is 7. The molecule has 2 aromatic carbocycles. The van der Waals surface area contributed by atoms with Gasteiger partial charge in [0.2, 0.25) is 0 Å². The molecule has 0 bridgehead atoms. The summed E-state index contributed by atoms with van der Waals surface area (Å²) in [5.41, 5.74) is 1.49. The van der Waals surface area contributed by atoms with Crippen LogP contribution in [0.2, 0.25) is 0 Å². The largest absolute Gasteiger partial charge is 0.493 e. The Morgan fingerprint density at radius 2 is 1.82 bits per heavy atom. The van der Waals surface area contributed by atoms with Gasteiger partial charge < -0.3 is 24.3 Å². The lowest BCUT2D eigenvalue weighted by molar-refractivity contribution is 0.0925. The fourth-order valence-electron chi connectivity index (χ4n) is 3.20. The third kappa shape index (κ3) is 4.32. The van der Waals surface area contributed by atoms with Gasteiger partial charge in [0.25, 0.3) is 5.91 Å². The van der Waals surface area contributed by atoms with E-state index >= 15 is 0 Å². The van der Waals surface area contributed by atoms with Crippen molar-refractivity contribution in [3.05, 3.63) is 47.5 Å².